The van der Waals surface area contributed by atoms with Crippen LogP contribution in [0.3, 0.4) is 0 Å². The van der Waals surface area contributed by atoms with Crippen molar-refractivity contribution in [1.29, 1.82) is 0 Å². The molecular weight excluding hydrogens is 138 g/mol. The maximum atomic E-state index is 3.92. The van der Waals surface area contributed by atoms with Crippen molar-refractivity contribution in [3.05, 3.63) is 37.3 Å². The molecule has 0 bridgehead atoms. The predicted molar refractivity (Wildman–Crippen MR) is 46.5 cm³/mol. The first-order valence-corrected chi connectivity index (χ1v) is 3.17. The summed E-state index contributed by atoms with van der Waals surface area (Å²) >= 11 is 0. The van der Waals surface area contributed by atoms with Gasteiger partial charge in [0.2, 0.25) is 0 Å². The minimum Gasteiger partial charge on any atom is -0.262 e. The molecule has 0 aliphatic carbocycles. The molecule has 3 nitrogen and oxygen atoms in total. The highest BCUT2D eigenvalue weighted by molar-refractivity contribution is 5.47. The summed E-state index contributed by atoms with van der Waals surface area (Å²) in [6.45, 7) is 6.96. The molecule has 0 aliphatic rings. The van der Waals surface area contributed by atoms with Crippen LogP contribution in [0.5, 0.6) is 0 Å². The summed E-state index contributed by atoms with van der Waals surface area (Å²) in [7, 11) is 0. The first-order valence-electron chi connectivity index (χ1n) is 3.17. The summed E-state index contributed by atoms with van der Waals surface area (Å²) in [5.74, 6) is 0. The number of hydrazone groups is 1. The number of anilines is 1. The lowest BCUT2D eigenvalue weighted by atomic mass is 10.4. The van der Waals surface area contributed by atoms with E-state index >= 15 is 0 Å². The van der Waals surface area contributed by atoms with Gasteiger partial charge in [0.15, 0.2) is 0 Å². The largest absolute Gasteiger partial charge is 0.262 e. The zero-order chi connectivity index (χ0) is 8.10. The molecule has 56 valence electrons. The third kappa shape index (κ3) is 1.64. The maximum Gasteiger partial charge on any atom is 0.0828 e. The second kappa shape index (κ2) is 3.51. The summed E-state index contributed by atoms with van der Waals surface area (Å²) in [6, 6.07) is 3.71. The Hall–Kier alpha value is -1.64. The normalized spacial score (nSPS) is 8.73. The second-order valence-electron chi connectivity index (χ2n) is 1.88. The van der Waals surface area contributed by atoms with E-state index in [0.29, 0.717) is 0 Å². The molecule has 1 aromatic rings. The highest BCUT2D eigenvalue weighted by Crippen LogP contribution is 2.10. The lowest BCUT2D eigenvalue weighted by Gasteiger charge is -2.10. The smallest absolute Gasteiger partial charge is 0.0828 e. The third-order valence-corrected chi connectivity index (χ3v) is 1.24. The number of nitrogens with zero attached hydrogens (tertiary/aromatic N) is 3. The Labute approximate surface area is 65.7 Å². The van der Waals surface area contributed by atoms with Gasteiger partial charge in [-0.05, 0) is 12.1 Å². The Morgan fingerprint density at radius 3 is 2.91 bits per heavy atom. The molecule has 0 aromatic carbocycles. The van der Waals surface area contributed by atoms with E-state index in [0.717, 1.165) is 5.69 Å². The van der Waals surface area contributed by atoms with Crippen LogP contribution in [-0.4, -0.2) is 11.7 Å². The predicted octanol–water partition coefficient (Wildman–Crippen LogP) is 1.65. The van der Waals surface area contributed by atoms with E-state index in [1.54, 1.807) is 23.6 Å². The first-order chi connectivity index (χ1) is 5.38. The monoisotopic (exact) mass is 147 g/mol. The van der Waals surface area contributed by atoms with Crippen LogP contribution in [-0.2, 0) is 0 Å². The fraction of sp³-hybridized carbons (Fsp3) is 0. The van der Waals surface area contributed by atoms with E-state index in [4.69, 9.17) is 0 Å². The Bertz CT molecular complexity index is 235. The number of hydrogen-bond donors (Lipinski definition) is 0. The van der Waals surface area contributed by atoms with Crippen LogP contribution in [0.4, 0.5) is 5.69 Å². The van der Waals surface area contributed by atoms with Crippen molar-refractivity contribution in [2.24, 2.45) is 5.10 Å². The Kier molecular flexibility index (Phi) is 2.38. The lowest BCUT2D eigenvalue weighted by Crippen LogP contribution is -2.05. The van der Waals surface area contributed by atoms with E-state index < -0.39 is 0 Å². The molecule has 1 heterocycles. The van der Waals surface area contributed by atoms with Crippen LogP contribution in [0.25, 0.3) is 0 Å². The summed E-state index contributed by atoms with van der Waals surface area (Å²) in [5, 5.41) is 5.25. The summed E-state index contributed by atoms with van der Waals surface area (Å²) < 4.78 is 0. The van der Waals surface area contributed by atoms with Gasteiger partial charge in [0, 0.05) is 19.1 Å². The van der Waals surface area contributed by atoms with Gasteiger partial charge in [-0.3, -0.25) is 4.98 Å². The molecule has 0 saturated carbocycles. The molecule has 0 amide bonds. The topological polar surface area (TPSA) is 28.5 Å². The molecule has 0 N–H and O–H groups in total. The van der Waals surface area contributed by atoms with Gasteiger partial charge in [-0.25, -0.2) is 5.01 Å². The van der Waals surface area contributed by atoms with Crippen molar-refractivity contribution in [2.75, 3.05) is 5.01 Å². The van der Waals surface area contributed by atoms with Gasteiger partial charge in [-0.2, -0.15) is 5.10 Å². The molecule has 3 heteroatoms. The molecule has 11 heavy (non-hydrogen) atoms. The summed E-state index contributed by atoms with van der Waals surface area (Å²) in [5.41, 5.74) is 0.859. The lowest BCUT2D eigenvalue weighted by molar-refractivity contribution is 1.08. The average Bonchev–Trinajstić information content (AvgIpc) is 2.09. The van der Waals surface area contributed by atoms with Crippen molar-refractivity contribution in [3.8, 4) is 0 Å². The van der Waals surface area contributed by atoms with Gasteiger partial charge in [0.25, 0.3) is 0 Å². The Morgan fingerprint density at radius 2 is 2.45 bits per heavy atom. The van der Waals surface area contributed by atoms with Crippen molar-refractivity contribution in [3.63, 3.8) is 0 Å². The first kappa shape index (κ1) is 7.47. The van der Waals surface area contributed by atoms with Crippen LogP contribution in [0.15, 0.2) is 42.4 Å². The van der Waals surface area contributed by atoms with Crippen LogP contribution in [0, 0.1) is 0 Å². The van der Waals surface area contributed by atoms with E-state index in [1.165, 1.54) is 0 Å². The zero-order valence-electron chi connectivity index (χ0n) is 6.14. The average molecular weight is 147 g/mol. The zero-order valence-corrected chi connectivity index (χ0v) is 6.14. The van der Waals surface area contributed by atoms with Gasteiger partial charge in [-0.1, -0.05) is 6.58 Å². The maximum absolute atomic E-state index is 3.92. The molecule has 0 spiro atoms. The number of pyridine rings is 1. The van der Waals surface area contributed by atoms with Crippen molar-refractivity contribution >= 4 is 12.4 Å². The van der Waals surface area contributed by atoms with Crippen molar-refractivity contribution < 1.29 is 0 Å². The fourth-order valence-corrected chi connectivity index (χ4v) is 0.734. The summed E-state index contributed by atoms with van der Waals surface area (Å²) in [6.07, 6.45) is 4.97. The third-order valence-electron chi connectivity index (χ3n) is 1.24. The molecule has 0 fully saturated rings. The van der Waals surface area contributed by atoms with Gasteiger partial charge >= 0.3 is 0 Å². The van der Waals surface area contributed by atoms with Crippen molar-refractivity contribution in [2.45, 2.75) is 0 Å². The quantitative estimate of drug-likeness (QED) is 0.480. The highest BCUT2D eigenvalue weighted by atomic mass is 15.4. The van der Waals surface area contributed by atoms with Gasteiger partial charge in [-0.15, -0.1) is 0 Å². The molecule has 0 saturated heterocycles. The SMILES string of the molecule is C=CN(N=C)c1cccnc1. The highest BCUT2D eigenvalue weighted by Gasteiger charge is 1.95. The van der Waals surface area contributed by atoms with Crippen LogP contribution in [0.2, 0.25) is 0 Å². The van der Waals surface area contributed by atoms with Gasteiger partial charge in [0.1, 0.15) is 0 Å². The van der Waals surface area contributed by atoms with E-state index in [2.05, 4.69) is 23.4 Å². The minimum atomic E-state index is 0.859. The molecule has 0 unspecified atom stereocenters. The molecule has 1 rings (SSSR count). The Balaban J connectivity index is 2.90. The molecule has 1 aromatic heterocycles. The minimum absolute atomic E-state index is 0.859. The number of aromatic nitrogens is 1. The molecule has 0 atom stereocenters. The molecule has 0 radical (unpaired) electrons. The fourth-order valence-electron chi connectivity index (χ4n) is 0.734. The van der Waals surface area contributed by atoms with Crippen LogP contribution in [0.1, 0.15) is 0 Å². The molecular formula is C8H9N3. The Morgan fingerprint density at radius 1 is 1.64 bits per heavy atom. The van der Waals surface area contributed by atoms with Crippen LogP contribution >= 0.6 is 0 Å². The standard InChI is InChI=1S/C8H9N3/c1-3-11(9-2)8-5-4-6-10-7-8/h3-7H,1-2H2. The van der Waals surface area contributed by atoms with Gasteiger partial charge in [0.05, 0.1) is 11.9 Å². The van der Waals surface area contributed by atoms with E-state index in [9.17, 15) is 0 Å². The molecule has 0 aliphatic heterocycles. The van der Waals surface area contributed by atoms with E-state index in [-0.39, 0.29) is 0 Å². The van der Waals surface area contributed by atoms with Gasteiger partial charge < -0.3 is 0 Å². The number of hydrogen-bond acceptors (Lipinski definition) is 3. The van der Waals surface area contributed by atoms with Crippen LogP contribution < -0.4 is 5.01 Å². The van der Waals surface area contributed by atoms with E-state index in [1.807, 2.05) is 12.1 Å². The number of rotatable bonds is 3. The van der Waals surface area contributed by atoms with Crippen molar-refractivity contribution in [1.82, 2.24) is 4.98 Å². The second-order valence-corrected chi connectivity index (χ2v) is 1.88. The summed E-state index contributed by atoms with van der Waals surface area (Å²) in [4.78, 5) is 3.92.